The first-order valence-electron chi connectivity index (χ1n) is 5.37. The van der Waals surface area contributed by atoms with E-state index in [4.69, 9.17) is 0 Å². The summed E-state index contributed by atoms with van der Waals surface area (Å²) in [6.07, 6.45) is 0.822. The molecule has 0 heterocycles. The predicted octanol–water partition coefficient (Wildman–Crippen LogP) is 1.94. The van der Waals surface area contributed by atoms with E-state index < -0.39 is 0 Å². The third-order valence-electron chi connectivity index (χ3n) is 2.67. The molecular weight excluding hydrogens is 211 g/mol. The second-order valence-corrected chi connectivity index (χ2v) is 3.87. The van der Waals surface area contributed by atoms with Crippen molar-refractivity contribution in [2.45, 2.75) is 0 Å². The number of hydrogen-bond donors (Lipinski definition) is 0. The van der Waals surface area contributed by atoms with E-state index in [2.05, 4.69) is 0 Å². The minimum Gasteiger partial charge on any atom is -0.307 e. The highest BCUT2D eigenvalue weighted by Crippen LogP contribution is 2.20. The predicted molar refractivity (Wildman–Crippen MR) is 70.1 cm³/mol. The van der Waals surface area contributed by atoms with Crippen LogP contribution in [0, 0.1) is 0 Å². The van der Waals surface area contributed by atoms with E-state index in [1.165, 1.54) is 0 Å². The molecule has 0 aromatic heterocycles. The van der Waals surface area contributed by atoms with Crippen molar-refractivity contribution in [2.75, 3.05) is 0 Å². The van der Waals surface area contributed by atoms with Crippen LogP contribution < -0.4 is 0 Å². The molecule has 0 saturated heterocycles. The van der Waals surface area contributed by atoms with Crippen molar-refractivity contribution in [3.05, 3.63) is 59.7 Å². The molecule has 0 unspecified atom stereocenters. The van der Waals surface area contributed by atoms with Gasteiger partial charge in [-0.05, 0) is 11.1 Å². The maximum atomic E-state index is 11.1. The van der Waals surface area contributed by atoms with Crippen molar-refractivity contribution in [3.63, 3.8) is 0 Å². The van der Waals surface area contributed by atoms with E-state index in [-0.39, 0.29) is 5.68 Å². The van der Waals surface area contributed by atoms with Gasteiger partial charge in [0, 0.05) is 11.1 Å². The Morgan fingerprint density at radius 3 is 1.76 bits per heavy atom. The molecule has 2 aromatic carbocycles. The minimum atomic E-state index is 0.0628. The van der Waals surface area contributed by atoms with Gasteiger partial charge in [-0.3, -0.25) is 4.79 Å². The lowest BCUT2D eigenvalue weighted by Crippen LogP contribution is -1.96. The summed E-state index contributed by atoms with van der Waals surface area (Å²) in [5.41, 5.74) is 3.50. The maximum Gasteiger partial charge on any atom is 0.193 e. The first kappa shape index (κ1) is 11.3. The van der Waals surface area contributed by atoms with Crippen molar-refractivity contribution < 1.29 is 9.59 Å². The fourth-order valence-electron chi connectivity index (χ4n) is 1.65. The number of rotatable bonds is 3. The molecule has 0 bridgehead atoms. The molecule has 0 radical (unpaired) electrons. The Balaban J connectivity index is 2.32. The van der Waals surface area contributed by atoms with Crippen molar-refractivity contribution >= 4 is 19.8 Å². The van der Waals surface area contributed by atoms with Gasteiger partial charge < -0.3 is 4.79 Å². The Morgan fingerprint density at radius 1 is 0.882 bits per heavy atom. The summed E-state index contributed by atoms with van der Waals surface area (Å²) in [4.78, 5) is 21.7. The zero-order valence-corrected chi connectivity index (χ0v) is 9.51. The number of benzene rings is 2. The van der Waals surface area contributed by atoms with Crippen LogP contribution in [0.3, 0.4) is 0 Å². The summed E-state index contributed by atoms with van der Waals surface area (Å²) >= 11 is 0. The van der Waals surface area contributed by atoms with Crippen LogP contribution in [0.1, 0.15) is 20.7 Å². The van der Waals surface area contributed by atoms with Crippen molar-refractivity contribution in [2.24, 2.45) is 0 Å². The number of carbonyl (C=O) groups excluding carboxylic acids is 2. The summed E-state index contributed by atoms with van der Waals surface area (Å²) < 4.78 is 0. The van der Waals surface area contributed by atoms with Crippen molar-refractivity contribution in [3.8, 4) is 11.1 Å². The van der Waals surface area contributed by atoms with Gasteiger partial charge >= 0.3 is 0 Å². The van der Waals surface area contributed by atoms with Gasteiger partial charge in [-0.1, -0.05) is 48.5 Å². The first-order chi connectivity index (χ1) is 8.20. The number of hydrogen-bond acceptors (Lipinski definition) is 2. The van der Waals surface area contributed by atoms with Crippen LogP contribution in [0.5, 0.6) is 0 Å². The molecule has 0 saturated carbocycles. The van der Waals surface area contributed by atoms with E-state index in [1.54, 1.807) is 20.0 Å². The molecule has 0 spiro atoms. The summed E-state index contributed by atoms with van der Waals surface area (Å²) in [5, 5.41) is 0. The van der Waals surface area contributed by atoms with Gasteiger partial charge in [0.25, 0.3) is 0 Å². The summed E-state index contributed by atoms with van der Waals surface area (Å²) in [6.45, 7) is 0. The second-order valence-electron chi connectivity index (χ2n) is 3.87. The van der Waals surface area contributed by atoms with Gasteiger partial charge in [-0.15, -0.1) is 0 Å². The first-order valence-corrected chi connectivity index (χ1v) is 5.37. The highest BCUT2D eigenvalue weighted by atomic mass is 16.1. The highest BCUT2D eigenvalue weighted by molar-refractivity contribution is 6.62. The Kier molecular flexibility index (Phi) is 3.19. The van der Waals surface area contributed by atoms with E-state index in [1.807, 2.05) is 36.4 Å². The Labute approximate surface area is 101 Å². The molecule has 2 nitrogen and oxygen atoms in total. The van der Waals surface area contributed by atoms with Crippen molar-refractivity contribution in [1.82, 2.24) is 0 Å². The van der Waals surface area contributed by atoms with Gasteiger partial charge in [-0.25, -0.2) is 0 Å². The summed E-state index contributed by atoms with van der Waals surface area (Å²) in [5.74, 6) is 0. The number of aldehydes is 1. The van der Waals surface area contributed by atoms with Crippen LogP contribution in [0.4, 0.5) is 0 Å². The fourth-order valence-corrected chi connectivity index (χ4v) is 1.65. The van der Waals surface area contributed by atoms with Gasteiger partial charge in [0.05, 0.1) is 0 Å². The second kappa shape index (κ2) is 4.79. The van der Waals surface area contributed by atoms with Crippen LogP contribution in [-0.2, 0) is 0 Å². The third kappa shape index (κ3) is 2.51. The van der Waals surface area contributed by atoms with E-state index >= 15 is 0 Å². The van der Waals surface area contributed by atoms with Crippen LogP contribution in [0.15, 0.2) is 48.5 Å². The van der Waals surface area contributed by atoms with Crippen LogP contribution in [0.2, 0.25) is 0 Å². The standard InChI is InChI=1S/C14H11BO2/c15-14(17)13-7-5-12(6-8-13)11-3-1-10(9-16)2-4-11/h1-9H,15H2. The Morgan fingerprint density at radius 2 is 1.35 bits per heavy atom. The quantitative estimate of drug-likeness (QED) is 0.587. The molecule has 3 heteroatoms. The van der Waals surface area contributed by atoms with E-state index in [9.17, 15) is 9.59 Å². The molecule has 0 N–H and O–H groups in total. The van der Waals surface area contributed by atoms with Gasteiger partial charge in [-0.2, -0.15) is 0 Å². The maximum absolute atomic E-state index is 11.1. The molecule has 2 aromatic rings. The smallest absolute Gasteiger partial charge is 0.193 e. The summed E-state index contributed by atoms with van der Waals surface area (Å²) in [7, 11) is 1.55. The van der Waals surface area contributed by atoms with Crippen LogP contribution >= 0.6 is 0 Å². The molecule has 2 rings (SSSR count). The van der Waals surface area contributed by atoms with Gasteiger partial charge in [0.15, 0.2) is 7.85 Å². The summed E-state index contributed by atoms with van der Waals surface area (Å²) in [6, 6.07) is 14.8. The third-order valence-corrected chi connectivity index (χ3v) is 2.67. The Bertz CT molecular complexity index is 541. The lowest BCUT2D eigenvalue weighted by molar-refractivity contribution is 0.107. The normalized spacial score (nSPS) is 9.88. The lowest BCUT2D eigenvalue weighted by atomic mass is 9.93. The molecule has 0 amide bonds. The zero-order valence-electron chi connectivity index (χ0n) is 9.51. The average Bonchev–Trinajstić information content (AvgIpc) is 2.39. The van der Waals surface area contributed by atoms with Crippen LogP contribution in [0.25, 0.3) is 11.1 Å². The van der Waals surface area contributed by atoms with Crippen molar-refractivity contribution in [1.29, 1.82) is 0 Å². The minimum absolute atomic E-state index is 0.0628. The molecule has 0 atom stereocenters. The molecule has 17 heavy (non-hydrogen) atoms. The fraction of sp³-hybridized carbons (Fsp3) is 0. The lowest BCUT2D eigenvalue weighted by Gasteiger charge is -2.03. The average molecular weight is 222 g/mol. The largest absolute Gasteiger partial charge is 0.307 e. The zero-order chi connectivity index (χ0) is 12.3. The molecule has 0 aliphatic rings. The monoisotopic (exact) mass is 222 g/mol. The molecule has 0 aliphatic carbocycles. The number of carbonyl (C=O) groups is 2. The highest BCUT2D eigenvalue weighted by Gasteiger charge is 2.00. The van der Waals surface area contributed by atoms with E-state index in [0.29, 0.717) is 11.1 Å². The Hall–Kier alpha value is -2.16. The van der Waals surface area contributed by atoms with Gasteiger partial charge in [0.1, 0.15) is 12.0 Å². The SMILES string of the molecule is BC(=O)c1ccc(-c2ccc(C=O)cc2)cc1. The molecule has 0 fully saturated rings. The molecular formula is C14H11BO2. The van der Waals surface area contributed by atoms with Crippen LogP contribution in [-0.4, -0.2) is 19.8 Å². The molecule has 82 valence electrons. The molecule has 0 aliphatic heterocycles. The van der Waals surface area contributed by atoms with E-state index in [0.717, 1.165) is 17.4 Å². The topological polar surface area (TPSA) is 34.1 Å². The van der Waals surface area contributed by atoms with Gasteiger partial charge in [0.2, 0.25) is 0 Å².